The van der Waals surface area contributed by atoms with E-state index in [-0.39, 0.29) is 18.4 Å². The summed E-state index contributed by atoms with van der Waals surface area (Å²) in [6.07, 6.45) is 6.95. The largest absolute Gasteiger partial charge is 0.481 e. The molecule has 0 radical (unpaired) electrons. The van der Waals surface area contributed by atoms with Crippen molar-refractivity contribution in [3.05, 3.63) is 18.7 Å². The minimum Gasteiger partial charge on any atom is -0.481 e. The predicted molar refractivity (Wildman–Crippen MR) is 74.3 cm³/mol. The molecule has 0 aliphatic heterocycles. The van der Waals surface area contributed by atoms with E-state index in [9.17, 15) is 9.59 Å². The van der Waals surface area contributed by atoms with Gasteiger partial charge in [-0.1, -0.05) is 13.3 Å². The van der Waals surface area contributed by atoms with E-state index in [0.717, 1.165) is 19.4 Å². The van der Waals surface area contributed by atoms with E-state index in [2.05, 4.69) is 15.6 Å². The van der Waals surface area contributed by atoms with Gasteiger partial charge >= 0.3 is 12.0 Å². The fourth-order valence-electron chi connectivity index (χ4n) is 1.79. The van der Waals surface area contributed by atoms with Crippen LogP contribution in [-0.4, -0.2) is 39.7 Å². The summed E-state index contributed by atoms with van der Waals surface area (Å²) in [7, 11) is 0. The third-order valence-electron chi connectivity index (χ3n) is 3.03. The van der Waals surface area contributed by atoms with E-state index in [0.29, 0.717) is 13.1 Å². The number of carbonyl (C=O) groups excluding carboxylic acids is 1. The van der Waals surface area contributed by atoms with Gasteiger partial charge in [0.05, 0.1) is 6.33 Å². The first kappa shape index (κ1) is 16.0. The maximum atomic E-state index is 11.5. The Morgan fingerprint density at radius 3 is 2.80 bits per heavy atom. The second-order valence-corrected chi connectivity index (χ2v) is 4.66. The Morgan fingerprint density at radius 1 is 1.40 bits per heavy atom. The molecular formula is C13H22N4O3. The van der Waals surface area contributed by atoms with Crippen molar-refractivity contribution in [2.24, 2.45) is 5.92 Å². The molecule has 0 aliphatic rings. The molecule has 1 aromatic heterocycles. The Balaban J connectivity index is 2.08. The lowest BCUT2D eigenvalue weighted by molar-refractivity contribution is -0.138. The number of urea groups is 1. The van der Waals surface area contributed by atoms with Gasteiger partial charge in [-0.15, -0.1) is 0 Å². The lowest BCUT2D eigenvalue weighted by atomic mass is 10.0. The van der Waals surface area contributed by atoms with Crippen molar-refractivity contribution in [1.29, 1.82) is 0 Å². The number of rotatable bonds is 9. The first-order valence-electron chi connectivity index (χ1n) is 6.81. The first-order chi connectivity index (χ1) is 9.61. The molecule has 0 saturated heterocycles. The zero-order chi connectivity index (χ0) is 14.8. The molecule has 1 aromatic rings. The van der Waals surface area contributed by atoms with E-state index in [1.165, 1.54) is 0 Å². The molecule has 1 heterocycles. The van der Waals surface area contributed by atoms with Crippen LogP contribution in [-0.2, 0) is 11.3 Å². The third kappa shape index (κ3) is 6.77. The van der Waals surface area contributed by atoms with Gasteiger partial charge in [0.15, 0.2) is 0 Å². The number of nitrogens with zero attached hydrogens (tertiary/aromatic N) is 2. The van der Waals surface area contributed by atoms with Crippen LogP contribution in [0.5, 0.6) is 0 Å². The van der Waals surface area contributed by atoms with E-state index < -0.39 is 5.97 Å². The average Bonchev–Trinajstić information content (AvgIpc) is 2.92. The number of aromatic nitrogens is 2. The topological polar surface area (TPSA) is 96.3 Å². The van der Waals surface area contributed by atoms with Crippen molar-refractivity contribution in [3.63, 3.8) is 0 Å². The Labute approximate surface area is 118 Å². The van der Waals surface area contributed by atoms with Gasteiger partial charge in [-0.2, -0.15) is 0 Å². The second kappa shape index (κ2) is 8.95. The summed E-state index contributed by atoms with van der Waals surface area (Å²) in [5, 5.41) is 14.2. The highest BCUT2D eigenvalue weighted by Crippen LogP contribution is 2.06. The van der Waals surface area contributed by atoms with Crippen LogP contribution >= 0.6 is 0 Å². The number of carboxylic acids is 1. The van der Waals surface area contributed by atoms with Gasteiger partial charge in [0.25, 0.3) is 0 Å². The molecule has 0 spiro atoms. The van der Waals surface area contributed by atoms with Gasteiger partial charge in [0.2, 0.25) is 0 Å². The number of hydrogen-bond acceptors (Lipinski definition) is 3. The summed E-state index contributed by atoms with van der Waals surface area (Å²) in [6.45, 7) is 3.67. The molecule has 7 heteroatoms. The molecule has 112 valence electrons. The summed E-state index contributed by atoms with van der Waals surface area (Å²) in [6, 6.07) is -0.250. The molecule has 1 rings (SSSR count). The van der Waals surface area contributed by atoms with E-state index in [1.807, 2.05) is 17.7 Å². The molecule has 3 N–H and O–H groups in total. The fraction of sp³-hybridized carbons (Fsp3) is 0.615. The first-order valence-corrected chi connectivity index (χ1v) is 6.81. The Morgan fingerprint density at radius 2 is 2.20 bits per heavy atom. The molecule has 20 heavy (non-hydrogen) atoms. The standard InChI is InChI=1S/C13H22N4O3/c1-2-11(8-12(18)19)9-16-13(20)15-4-3-6-17-7-5-14-10-17/h5,7,10-11H,2-4,6,8-9H2,1H3,(H,18,19)(H2,15,16,20). The van der Waals surface area contributed by atoms with Crippen LogP contribution in [0.4, 0.5) is 4.79 Å². The Kier molecular flexibility index (Phi) is 7.16. The van der Waals surface area contributed by atoms with E-state index in [4.69, 9.17) is 5.11 Å². The number of hydrogen-bond donors (Lipinski definition) is 3. The molecular weight excluding hydrogens is 260 g/mol. The molecule has 0 saturated carbocycles. The third-order valence-corrected chi connectivity index (χ3v) is 3.03. The summed E-state index contributed by atoms with van der Waals surface area (Å²) in [5.41, 5.74) is 0. The maximum absolute atomic E-state index is 11.5. The summed E-state index contributed by atoms with van der Waals surface area (Å²) < 4.78 is 1.94. The van der Waals surface area contributed by atoms with E-state index in [1.54, 1.807) is 12.5 Å². The van der Waals surface area contributed by atoms with Crippen LogP contribution in [0.2, 0.25) is 0 Å². The molecule has 0 aliphatic carbocycles. The molecule has 1 atom stereocenters. The number of amides is 2. The SMILES string of the molecule is CCC(CNC(=O)NCCCn1ccnc1)CC(=O)O. The van der Waals surface area contributed by atoms with Gasteiger partial charge in [-0.05, 0) is 12.3 Å². The smallest absolute Gasteiger partial charge is 0.314 e. The van der Waals surface area contributed by atoms with Gasteiger partial charge < -0.3 is 20.3 Å². The van der Waals surface area contributed by atoms with Crippen LogP contribution in [0.25, 0.3) is 0 Å². The van der Waals surface area contributed by atoms with Gasteiger partial charge in [-0.3, -0.25) is 4.79 Å². The summed E-state index contributed by atoms with van der Waals surface area (Å²) >= 11 is 0. The highest BCUT2D eigenvalue weighted by molar-refractivity contribution is 5.74. The number of carboxylic acid groups (broad SMARTS) is 1. The molecule has 1 unspecified atom stereocenters. The molecule has 0 bridgehead atoms. The number of aryl methyl sites for hydroxylation is 1. The van der Waals surface area contributed by atoms with Crippen LogP contribution < -0.4 is 10.6 Å². The lowest BCUT2D eigenvalue weighted by Gasteiger charge is -2.14. The van der Waals surface area contributed by atoms with Gasteiger partial charge in [0, 0.05) is 38.4 Å². The van der Waals surface area contributed by atoms with Crippen molar-refractivity contribution in [3.8, 4) is 0 Å². The van der Waals surface area contributed by atoms with Crippen LogP contribution in [0, 0.1) is 5.92 Å². The van der Waals surface area contributed by atoms with Crippen LogP contribution in [0.15, 0.2) is 18.7 Å². The normalized spacial score (nSPS) is 11.8. The summed E-state index contributed by atoms with van der Waals surface area (Å²) in [4.78, 5) is 26.1. The van der Waals surface area contributed by atoms with Crippen LogP contribution in [0.1, 0.15) is 26.2 Å². The Bertz CT molecular complexity index is 406. The molecule has 0 aromatic carbocycles. The van der Waals surface area contributed by atoms with Gasteiger partial charge in [0.1, 0.15) is 0 Å². The predicted octanol–water partition coefficient (Wildman–Crippen LogP) is 1.07. The fourth-order valence-corrected chi connectivity index (χ4v) is 1.79. The van der Waals surface area contributed by atoms with Crippen molar-refractivity contribution in [2.45, 2.75) is 32.7 Å². The number of imidazole rings is 1. The van der Waals surface area contributed by atoms with E-state index >= 15 is 0 Å². The zero-order valence-corrected chi connectivity index (χ0v) is 11.7. The Hall–Kier alpha value is -2.05. The average molecular weight is 282 g/mol. The molecule has 0 fully saturated rings. The van der Waals surface area contributed by atoms with Crippen molar-refractivity contribution in [1.82, 2.24) is 20.2 Å². The highest BCUT2D eigenvalue weighted by atomic mass is 16.4. The quantitative estimate of drug-likeness (QED) is 0.590. The number of nitrogens with one attached hydrogen (secondary N) is 2. The minimum absolute atomic E-state index is 0.0239. The van der Waals surface area contributed by atoms with Crippen molar-refractivity contribution >= 4 is 12.0 Å². The number of aliphatic carboxylic acids is 1. The monoisotopic (exact) mass is 282 g/mol. The molecule has 7 nitrogen and oxygen atoms in total. The second-order valence-electron chi connectivity index (χ2n) is 4.66. The van der Waals surface area contributed by atoms with Crippen molar-refractivity contribution < 1.29 is 14.7 Å². The van der Waals surface area contributed by atoms with Crippen molar-refractivity contribution in [2.75, 3.05) is 13.1 Å². The lowest BCUT2D eigenvalue weighted by Crippen LogP contribution is -2.39. The number of carbonyl (C=O) groups is 2. The van der Waals surface area contributed by atoms with Gasteiger partial charge in [-0.25, -0.2) is 9.78 Å². The highest BCUT2D eigenvalue weighted by Gasteiger charge is 2.12. The summed E-state index contributed by atoms with van der Waals surface area (Å²) in [5.74, 6) is -0.858. The maximum Gasteiger partial charge on any atom is 0.314 e. The van der Waals surface area contributed by atoms with Crippen LogP contribution in [0.3, 0.4) is 0 Å². The zero-order valence-electron chi connectivity index (χ0n) is 11.7. The molecule has 2 amide bonds. The minimum atomic E-state index is -0.834.